The van der Waals surface area contributed by atoms with E-state index in [1.807, 2.05) is 36.4 Å². The Kier molecular flexibility index (Phi) is 7.26. The topological polar surface area (TPSA) is 27.0 Å². The maximum absolute atomic E-state index is 10.3. The molecule has 2 aromatic rings. The third-order valence-electron chi connectivity index (χ3n) is 5.85. The zero-order valence-electron chi connectivity index (χ0n) is 15.8. The summed E-state index contributed by atoms with van der Waals surface area (Å²) < 4.78 is 0. The van der Waals surface area contributed by atoms with Crippen LogP contribution in [0.3, 0.4) is 0 Å². The summed E-state index contributed by atoms with van der Waals surface area (Å²) in [5.41, 5.74) is 1.61. The van der Waals surface area contributed by atoms with Gasteiger partial charge in [-0.25, -0.2) is 0 Å². The Labute approximate surface area is 164 Å². The first-order valence-corrected chi connectivity index (χ1v) is 9.45. The van der Waals surface area contributed by atoms with E-state index in [1.165, 1.54) is 19.3 Å². The summed E-state index contributed by atoms with van der Waals surface area (Å²) in [4.78, 5) is 2.60. The molecule has 0 amide bonds. The van der Waals surface area contributed by atoms with Gasteiger partial charge in [0, 0.05) is 18.6 Å². The molecule has 138 valence electrons. The van der Waals surface area contributed by atoms with Crippen LogP contribution in [0.15, 0.2) is 60.7 Å². The van der Waals surface area contributed by atoms with E-state index >= 15 is 0 Å². The van der Waals surface area contributed by atoms with Crippen molar-refractivity contribution in [1.29, 1.82) is 5.26 Å². The third-order valence-corrected chi connectivity index (χ3v) is 5.85. The van der Waals surface area contributed by atoms with Gasteiger partial charge >= 0.3 is 0 Å². The number of benzene rings is 2. The first-order chi connectivity index (χ1) is 12.2. The zero-order chi connectivity index (χ0) is 17.7. The molecule has 26 heavy (non-hydrogen) atoms. The lowest BCUT2D eigenvalue weighted by molar-refractivity contribution is 0.0980. The van der Waals surface area contributed by atoms with Crippen molar-refractivity contribution in [3.63, 3.8) is 0 Å². The van der Waals surface area contributed by atoms with E-state index in [0.717, 1.165) is 24.1 Å². The third kappa shape index (κ3) is 4.11. The van der Waals surface area contributed by atoms with Crippen LogP contribution in [0, 0.1) is 11.3 Å². The van der Waals surface area contributed by atoms with Crippen LogP contribution in [0.1, 0.15) is 50.7 Å². The Hall–Kier alpha value is -1.82. The predicted molar refractivity (Wildman–Crippen MR) is 111 cm³/mol. The Morgan fingerprint density at radius 2 is 1.38 bits per heavy atom. The van der Waals surface area contributed by atoms with Gasteiger partial charge in [-0.15, -0.1) is 12.4 Å². The number of hydrogen-bond donors (Lipinski definition) is 0. The van der Waals surface area contributed by atoms with Crippen LogP contribution in [0.4, 0.5) is 0 Å². The van der Waals surface area contributed by atoms with Crippen molar-refractivity contribution in [3.05, 3.63) is 71.8 Å². The number of likely N-dealkylation sites (tertiary alicyclic amines) is 1. The fraction of sp³-hybridized carbons (Fsp3) is 0.435. The van der Waals surface area contributed by atoms with Crippen LogP contribution in [0.5, 0.6) is 0 Å². The van der Waals surface area contributed by atoms with Gasteiger partial charge < -0.3 is 0 Å². The first kappa shape index (κ1) is 20.5. The molecule has 3 heteroatoms. The maximum atomic E-state index is 10.3. The normalized spacial score (nSPS) is 20.8. The molecule has 1 aliphatic rings. The molecule has 0 aliphatic carbocycles. The largest absolute Gasteiger partial charge is 0.298 e. The molecule has 0 aromatic heterocycles. The van der Waals surface area contributed by atoms with Crippen molar-refractivity contribution in [2.45, 2.75) is 57.0 Å². The predicted octanol–water partition coefficient (Wildman–Crippen LogP) is 5.57. The lowest BCUT2D eigenvalue weighted by Crippen LogP contribution is -2.46. The average Bonchev–Trinajstić information content (AvgIpc) is 2.66. The number of nitrogens with zero attached hydrogens (tertiary/aromatic N) is 2. The second-order valence-electron chi connectivity index (χ2n) is 7.37. The molecule has 1 saturated heterocycles. The second kappa shape index (κ2) is 9.21. The molecule has 1 heterocycles. The maximum Gasteiger partial charge on any atom is 0.108 e. The highest BCUT2D eigenvalue weighted by atomic mass is 35.5. The summed E-state index contributed by atoms with van der Waals surface area (Å²) in [5.74, 6) is 0. The summed E-state index contributed by atoms with van der Waals surface area (Å²) in [7, 11) is 0. The summed E-state index contributed by atoms with van der Waals surface area (Å²) in [6, 6.07) is 24.5. The van der Waals surface area contributed by atoms with Crippen LogP contribution in [0.2, 0.25) is 0 Å². The van der Waals surface area contributed by atoms with E-state index < -0.39 is 5.41 Å². The molecule has 2 nitrogen and oxygen atoms in total. The fourth-order valence-electron chi connectivity index (χ4n) is 4.30. The smallest absolute Gasteiger partial charge is 0.108 e. The van der Waals surface area contributed by atoms with Crippen molar-refractivity contribution in [2.75, 3.05) is 6.54 Å². The molecule has 2 unspecified atom stereocenters. The van der Waals surface area contributed by atoms with Crippen molar-refractivity contribution in [2.24, 2.45) is 0 Å². The Balaban J connectivity index is 0.00000243. The summed E-state index contributed by atoms with van der Waals surface area (Å²) in [5, 5.41) is 10.3. The van der Waals surface area contributed by atoms with Crippen molar-refractivity contribution >= 4 is 12.4 Å². The van der Waals surface area contributed by atoms with Crippen molar-refractivity contribution < 1.29 is 0 Å². The number of rotatable bonds is 5. The van der Waals surface area contributed by atoms with Gasteiger partial charge in [-0.3, -0.25) is 4.90 Å². The van der Waals surface area contributed by atoms with E-state index in [-0.39, 0.29) is 12.4 Å². The summed E-state index contributed by atoms with van der Waals surface area (Å²) >= 11 is 0. The lowest BCUT2D eigenvalue weighted by atomic mass is 9.73. The van der Waals surface area contributed by atoms with Crippen molar-refractivity contribution in [1.82, 2.24) is 4.90 Å². The van der Waals surface area contributed by atoms with Crippen LogP contribution < -0.4 is 0 Å². The molecule has 0 bridgehead atoms. The molecular weight excluding hydrogens is 340 g/mol. The van der Waals surface area contributed by atoms with Crippen LogP contribution in [-0.2, 0) is 5.41 Å². The van der Waals surface area contributed by atoms with Gasteiger partial charge in [0.15, 0.2) is 0 Å². The SMILES string of the molecule is CC1CCCC(C)N1CCC(C#N)(c1ccccc1)c1ccccc1.Cl. The van der Waals surface area contributed by atoms with Gasteiger partial charge in [0.05, 0.1) is 6.07 Å². The zero-order valence-corrected chi connectivity index (χ0v) is 16.6. The Morgan fingerprint density at radius 1 is 0.923 bits per heavy atom. The average molecular weight is 369 g/mol. The van der Waals surface area contributed by atoms with E-state index in [0.29, 0.717) is 12.1 Å². The number of piperidine rings is 1. The molecule has 0 N–H and O–H groups in total. The van der Waals surface area contributed by atoms with Crippen molar-refractivity contribution in [3.8, 4) is 6.07 Å². The molecule has 2 atom stereocenters. The van der Waals surface area contributed by atoms with Gasteiger partial charge in [-0.2, -0.15) is 5.26 Å². The Morgan fingerprint density at radius 3 is 1.81 bits per heavy atom. The highest BCUT2D eigenvalue weighted by molar-refractivity contribution is 5.85. The molecule has 3 rings (SSSR count). The molecule has 0 radical (unpaired) electrons. The van der Waals surface area contributed by atoms with Gasteiger partial charge in [0.25, 0.3) is 0 Å². The van der Waals surface area contributed by atoms with E-state index in [1.54, 1.807) is 0 Å². The molecular formula is C23H29ClN2. The molecule has 1 aliphatic heterocycles. The summed E-state index contributed by atoms with van der Waals surface area (Å²) in [6.45, 7) is 5.61. The minimum absolute atomic E-state index is 0. The minimum Gasteiger partial charge on any atom is -0.298 e. The highest BCUT2D eigenvalue weighted by Crippen LogP contribution is 2.36. The van der Waals surface area contributed by atoms with E-state index in [2.05, 4.69) is 49.1 Å². The minimum atomic E-state index is -0.584. The quantitative estimate of drug-likeness (QED) is 0.689. The number of nitriles is 1. The van der Waals surface area contributed by atoms with E-state index in [9.17, 15) is 5.26 Å². The standard InChI is InChI=1S/C23H28N2.ClH/c1-19-10-9-11-20(2)25(19)17-16-23(18-24,21-12-5-3-6-13-21)22-14-7-4-8-15-22;/h3-8,12-15,19-20H,9-11,16-17H2,1-2H3;1H. The highest BCUT2D eigenvalue weighted by Gasteiger charge is 2.36. The second-order valence-corrected chi connectivity index (χ2v) is 7.37. The summed E-state index contributed by atoms with van der Waals surface area (Å²) in [6.07, 6.45) is 4.67. The molecule has 0 saturated carbocycles. The van der Waals surface area contributed by atoms with Gasteiger partial charge in [0.1, 0.15) is 5.41 Å². The molecule has 0 spiro atoms. The van der Waals surface area contributed by atoms with E-state index in [4.69, 9.17) is 0 Å². The number of hydrogen-bond acceptors (Lipinski definition) is 2. The first-order valence-electron chi connectivity index (χ1n) is 9.45. The van der Waals surface area contributed by atoms with Crippen LogP contribution in [0.25, 0.3) is 0 Å². The molecule has 2 aromatic carbocycles. The number of halogens is 1. The van der Waals surface area contributed by atoms with Gasteiger partial charge in [-0.1, -0.05) is 67.1 Å². The lowest BCUT2D eigenvalue weighted by Gasteiger charge is -2.41. The monoisotopic (exact) mass is 368 g/mol. The van der Waals surface area contributed by atoms with Gasteiger partial charge in [-0.05, 0) is 44.2 Å². The van der Waals surface area contributed by atoms with Crippen LogP contribution in [-0.4, -0.2) is 23.5 Å². The van der Waals surface area contributed by atoms with Crippen LogP contribution >= 0.6 is 12.4 Å². The Bertz CT molecular complexity index is 658. The van der Waals surface area contributed by atoms with Gasteiger partial charge in [0.2, 0.25) is 0 Å². The molecule has 1 fully saturated rings. The fourth-order valence-corrected chi connectivity index (χ4v) is 4.30.